The molecule has 38 heavy (non-hydrogen) atoms. The van der Waals surface area contributed by atoms with E-state index in [9.17, 15) is 29.4 Å². The van der Waals surface area contributed by atoms with Crippen molar-refractivity contribution in [1.29, 1.82) is 0 Å². The van der Waals surface area contributed by atoms with Crippen LogP contribution in [-0.4, -0.2) is 46.6 Å². The third kappa shape index (κ3) is 10.7. The van der Waals surface area contributed by atoms with E-state index in [4.69, 9.17) is 0 Å². The molecule has 0 bridgehead atoms. The Morgan fingerprint density at radius 3 is 1.11 bits per heavy atom. The lowest BCUT2D eigenvalue weighted by atomic mass is 9.85. The van der Waals surface area contributed by atoms with Crippen molar-refractivity contribution in [2.45, 2.75) is 106 Å². The molecule has 0 heterocycles. The van der Waals surface area contributed by atoms with Gasteiger partial charge in [0.25, 0.3) is 0 Å². The van der Waals surface area contributed by atoms with Gasteiger partial charge in [0.1, 0.15) is 0 Å². The highest BCUT2D eigenvalue weighted by atomic mass is 16.3. The first-order chi connectivity index (χ1) is 17.4. The molecule has 0 amide bonds. The molecule has 2 aliphatic rings. The minimum Gasteiger partial charge on any atom is -0.396 e. The number of carbonyl (C=O) groups excluding carboxylic acids is 4. The molecule has 6 nitrogen and oxygen atoms in total. The van der Waals surface area contributed by atoms with Crippen LogP contribution >= 0.6 is 0 Å². The third-order valence-corrected chi connectivity index (χ3v) is 7.28. The number of carbonyl (C=O) groups is 4. The van der Waals surface area contributed by atoms with Crippen molar-refractivity contribution < 1.29 is 29.4 Å². The predicted octanol–water partition coefficient (Wildman–Crippen LogP) is 5.96. The second kappa shape index (κ2) is 15.2. The third-order valence-electron chi connectivity index (χ3n) is 7.28. The Morgan fingerprint density at radius 1 is 0.526 bits per heavy atom. The van der Waals surface area contributed by atoms with Crippen LogP contribution in [0, 0.1) is 10.8 Å². The maximum Gasteiger partial charge on any atom is 0.185 e. The summed E-state index contributed by atoms with van der Waals surface area (Å²) in [6, 6.07) is 0. The summed E-state index contributed by atoms with van der Waals surface area (Å²) in [5.74, 6) is -0.573. The molecule has 0 atom stereocenters. The average molecular weight is 529 g/mol. The van der Waals surface area contributed by atoms with Crippen LogP contribution < -0.4 is 0 Å². The zero-order chi connectivity index (χ0) is 27.6. The van der Waals surface area contributed by atoms with E-state index in [1.54, 1.807) is 0 Å². The first kappa shape index (κ1) is 33.6. The van der Waals surface area contributed by atoms with Crippen LogP contribution in [0.4, 0.5) is 0 Å². The summed E-state index contributed by atoms with van der Waals surface area (Å²) in [4.78, 5) is 50.3. The SMILES string of the molecule is C.CC(C)(CO)CCCCC1=CC(=O)C=C(CCCC2=CC(=O)C=C(CCCCC(C)(C)CO)C2=O)C1=O. The Labute approximate surface area is 229 Å². The molecule has 2 aliphatic carbocycles. The fourth-order valence-electron chi connectivity index (χ4n) is 4.65. The minimum absolute atomic E-state index is 0. The molecule has 0 saturated carbocycles. The molecular weight excluding hydrogens is 480 g/mol. The van der Waals surface area contributed by atoms with Crippen molar-refractivity contribution in [3.63, 3.8) is 0 Å². The van der Waals surface area contributed by atoms with Crippen LogP contribution in [0.2, 0.25) is 0 Å². The summed E-state index contributed by atoms with van der Waals surface area (Å²) in [5.41, 5.74) is 1.70. The molecule has 2 N–H and O–H groups in total. The number of allylic oxidation sites excluding steroid dienone is 8. The summed E-state index contributed by atoms with van der Waals surface area (Å²) in [6.45, 7) is 8.24. The highest BCUT2D eigenvalue weighted by Crippen LogP contribution is 2.29. The normalized spacial score (nSPS) is 16.6. The monoisotopic (exact) mass is 528 g/mol. The maximum atomic E-state index is 12.9. The van der Waals surface area contributed by atoms with E-state index in [0.717, 1.165) is 38.5 Å². The van der Waals surface area contributed by atoms with E-state index in [1.165, 1.54) is 24.3 Å². The van der Waals surface area contributed by atoms with Gasteiger partial charge < -0.3 is 10.2 Å². The molecular formula is C32H48O6. The molecule has 0 aromatic heterocycles. The number of aliphatic hydroxyl groups is 2. The van der Waals surface area contributed by atoms with Gasteiger partial charge >= 0.3 is 0 Å². The molecule has 0 aromatic rings. The Morgan fingerprint density at radius 2 is 0.816 bits per heavy atom. The number of ketones is 4. The van der Waals surface area contributed by atoms with Crippen molar-refractivity contribution >= 4 is 23.1 Å². The Bertz CT molecular complexity index is 923. The molecule has 2 rings (SSSR count). The Hall–Kier alpha value is -2.44. The number of hydrogen-bond acceptors (Lipinski definition) is 6. The number of unbranched alkanes of at least 4 members (excludes halogenated alkanes) is 2. The van der Waals surface area contributed by atoms with Gasteiger partial charge in [-0.05, 0) is 92.9 Å². The fourth-order valence-corrected chi connectivity index (χ4v) is 4.65. The quantitative estimate of drug-likeness (QED) is 0.189. The molecule has 6 heteroatoms. The van der Waals surface area contributed by atoms with Crippen molar-refractivity contribution in [3.8, 4) is 0 Å². The maximum absolute atomic E-state index is 12.9. The van der Waals surface area contributed by atoms with E-state index < -0.39 is 0 Å². The highest BCUT2D eigenvalue weighted by Gasteiger charge is 2.24. The lowest BCUT2D eigenvalue weighted by Gasteiger charge is -2.21. The van der Waals surface area contributed by atoms with Gasteiger partial charge in [0.05, 0.1) is 0 Å². The average Bonchev–Trinajstić information content (AvgIpc) is 2.84. The van der Waals surface area contributed by atoms with Gasteiger partial charge in [0.2, 0.25) is 0 Å². The van der Waals surface area contributed by atoms with E-state index >= 15 is 0 Å². The van der Waals surface area contributed by atoms with Crippen LogP contribution in [0.5, 0.6) is 0 Å². The fraction of sp³-hybridized carbons (Fsp3) is 0.625. The largest absolute Gasteiger partial charge is 0.396 e. The zero-order valence-corrected chi connectivity index (χ0v) is 23.0. The first-order valence-electron chi connectivity index (χ1n) is 13.6. The zero-order valence-electron chi connectivity index (χ0n) is 23.0. The number of aliphatic hydroxyl groups excluding tert-OH is 2. The minimum atomic E-state index is -0.182. The second-order valence-electron chi connectivity index (χ2n) is 12.1. The second-order valence-corrected chi connectivity index (χ2v) is 12.1. The topological polar surface area (TPSA) is 109 Å². The smallest absolute Gasteiger partial charge is 0.185 e. The van der Waals surface area contributed by atoms with Crippen molar-refractivity contribution in [2.75, 3.05) is 13.2 Å². The van der Waals surface area contributed by atoms with Crippen LogP contribution in [0.1, 0.15) is 106 Å². The van der Waals surface area contributed by atoms with E-state index in [2.05, 4.69) is 0 Å². The highest BCUT2D eigenvalue weighted by molar-refractivity contribution is 6.21. The lowest BCUT2D eigenvalue weighted by Crippen LogP contribution is -2.18. The van der Waals surface area contributed by atoms with Crippen LogP contribution in [-0.2, 0) is 19.2 Å². The molecule has 0 aromatic carbocycles. The van der Waals surface area contributed by atoms with E-state index in [1.807, 2.05) is 27.7 Å². The molecule has 0 fully saturated rings. The summed E-state index contributed by atoms with van der Waals surface area (Å²) >= 11 is 0. The van der Waals surface area contributed by atoms with Gasteiger partial charge in [-0.1, -0.05) is 48.0 Å². The van der Waals surface area contributed by atoms with Gasteiger partial charge in [-0.2, -0.15) is 0 Å². The Kier molecular flexibility index (Phi) is 13.5. The van der Waals surface area contributed by atoms with Gasteiger partial charge in [0.15, 0.2) is 23.1 Å². The van der Waals surface area contributed by atoms with Crippen LogP contribution in [0.25, 0.3) is 0 Å². The molecule has 0 saturated heterocycles. The molecule has 0 radical (unpaired) electrons. The number of rotatable bonds is 16. The summed E-state index contributed by atoms with van der Waals surface area (Å²) < 4.78 is 0. The number of Topliss-reactive ketones (excluding diaryl/α,β-unsaturated/α-hetero) is 2. The molecule has 212 valence electrons. The van der Waals surface area contributed by atoms with Gasteiger partial charge in [-0.15, -0.1) is 0 Å². The van der Waals surface area contributed by atoms with Gasteiger partial charge in [0, 0.05) is 35.5 Å². The standard InChI is InChI=1S/C31H44O6.CH4/c1-30(2,20-32)14-7-5-10-22-16-26(34)18-24(28(22)36)12-9-13-25-19-27(35)17-23(29(25)37)11-6-8-15-31(3,4)21-33;/h16-19,32-33H,5-15,20-21H2,1-4H3;1H4. The molecule has 0 spiro atoms. The van der Waals surface area contributed by atoms with Gasteiger partial charge in [-0.3, -0.25) is 19.2 Å². The lowest BCUT2D eigenvalue weighted by molar-refractivity contribution is -0.115. The van der Waals surface area contributed by atoms with Crippen molar-refractivity contribution in [3.05, 3.63) is 46.6 Å². The van der Waals surface area contributed by atoms with Crippen LogP contribution in [0.3, 0.4) is 0 Å². The van der Waals surface area contributed by atoms with Crippen molar-refractivity contribution in [2.24, 2.45) is 10.8 Å². The first-order valence-corrected chi connectivity index (χ1v) is 13.6. The predicted molar refractivity (Wildman–Crippen MR) is 152 cm³/mol. The summed E-state index contributed by atoms with van der Waals surface area (Å²) in [6.07, 6.45) is 12.9. The molecule has 0 unspecified atom stereocenters. The van der Waals surface area contributed by atoms with Gasteiger partial charge in [-0.25, -0.2) is 0 Å². The molecule has 0 aliphatic heterocycles. The Balaban J connectivity index is 0.00000722. The van der Waals surface area contributed by atoms with Crippen LogP contribution in [0.15, 0.2) is 46.6 Å². The van der Waals surface area contributed by atoms with E-state index in [-0.39, 0.29) is 54.6 Å². The number of hydrogen-bond donors (Lipinski definition) is 2. The summed E-state index contributed by atoms with van der Waals surface area (Å²) in [7, 11) is 0. The summed E-state index contributed by atoms with van der Waals surface area (Å²) in [5, 5.41) is 18.8. The van der Waals surface area contributed by atoms with Crippen molar-refractivity contribution in [1.82, 2.24) is 0 Å². The van der Waals surface area contributed by atoms with E-state index in [0.29, 0.717) is 54.4 Å².